The van der Waals surface area contributed by atoms with Crippen LogP contribution in [0.25, 0.3) is 0 Å². The predicted octanol–water partition coefficient (Wildman–Crippen LogP) is 2.48. The maximum Gasteiger partial charge on any atom is 0.238 e. The van der Waals surface area contributed by atoms with Crippen molar-refractivity contribution in [2.75, 3.05) is 25.0 Å². The van der Waals surface area contributed by atoms with Crippen LogP contribution in [0.5, 0.6) is 0 Å². The predicted molar refractivity (Wildman–Crippen MR) is 103 cm³/mol. The lowest BCUT2D eigenvalue weighted by atomic mass is 10.2. The fraction of sp³-hybridized carbons (Fsp3) is 0.211. The SMILES string of the molecule is C=CCNC(=O)CN(CC(=O)Nc1ccc(Cl)cc1)Cc1cccnc1. The average Bonchev–Trinajstić information content (AvgIpc) is 2.62. The van der Waals surface area contributed by atoms with Gasteiger partial charge in [0.15, 0.2) is 0 Å². The molecule has 6 nitrogen and oxygen atoms in total. The monoisotopic (exact) mass is 372 g/mol. The second-order valence-electron chi connectivity index (χ2n) is 5.65. The van der Waals surface area contributed by atoms with Gasteiger partial charge in [-0.2, -0.15) is 0 Å². The maximum atomic E-state index is 12.3. The first-order valence-corrected chi connectivity index (χ1v) is 8.49. The lowest BCUT2D eigenvalue weighted by molar-refractivity contribution is -0.123. The van der Waals surface area contributed by atoms with Crippen molar-refractivity contribution in [3.8, 4) is 0 Å². The molecule has 0 fully saturated rings. The summed E-state index contributed by atoms with van der Waals surface area (Å²) in [6, 6.07) is 10.6. The van der Waals surface area contributed by atoms with Crippen LogP contribution in [0.3, 0.4) is 0 Å². The van der Waals surface area contributed by atoms with Crippen LogP contribution in [0.1, 0.15) is 5.56 Å². The lowest BCUT2D eigenvalue weighted by Gasteiger charge is -2.21. The molecule has 26 heavy (non-hydrogen) atoms. The summed E-state index contributed by atoms with van der Waals surface area (Å²) in [4.78, 5) is 30.2. The first-order chi connectivity index (χ1) is 12.6. The molecule has 7 heteroatoms. The molecule has 0 aliphatic rings. The standard InChI is InChI=1S/C19H21ClN4O2/c1-2-9-22-18(25)13-24(12-15-4-3-10-21-11-15)14-19(26)23-17-7-5-16(20)6-8-17/h2-8,10-11H,1,9,12-14H2,(H,22,25)(H,23,26). The van der Waals surface area contributed by atoms with Gasteiger partial charge in [-0.1, -0.05) is 23.7 Å². The Morgan fingerprint density at radius 1 is 1.15 bits per heavy atom. The normalized spacial score (nSPS) is 10.4. The fourth-order valence-corrected chi connectivity index (χ4v) is 2.43. The number of anilines is 1. The molecule has 2 amide bonds. The first kappa shape index (κ1) is 19.6. The zero-order valence-electron chi connectivity index (χ0n) is 14.3. The van der Waals surface area contributed by atoms with E-state index in [1.807, 2.05) is 12.1 Å². The number of carbonyl (C=O) groups excluding carboxylic acids is 2. The molecule has 1 aromatic carbocycles. The number of pyridine rings is 1. The van der Waals surface area contributed by atoms with Gasteiger partial charge in [0.25, 0.3) is 0 Å². The summed E-state index contributed by atoms with van der Waals surface area (Å²) in [5.74, 6) is -0.388. The Kier molecular flexibility index (Phi) is 7.79. The van der Waals surface area contributed by atoms with Gasteiger partial charge < -0.3 is 10.6 Å². The van der Waals surface area contributed by atoms with Gasteiger partial charge in [0.2, 0.25) is 11.8 Å². The summed E-state index contributed by atoms with van der Waals surface area (Å²) >= 11 is 5.84. The van der Waals surface area contributed by atoms with Crippen molar-refractivity contribution in [1.29, 1.82) is 0 Å². The van der Waals surface area contributed by atoms with E-state index < -0.39 is 0 Å². The molecule has 2 rings (SSSR count). The molecule has 1 heterocycles. The van der Waals surface area contributed by atoms with E-state index in [-0.39, 0.29) is 24.9 Å². The van der Waals surface area contributed by atoms with Crippen LogP contribution in [0.2, 0.25) is 5.02 Å². The van der Waals surface area contributed by atoms with E-state index in [0.717, 1.165) is 5.56 Å². The molecule has 1 aromatic heterocycles. The Balaban J connectivity index is 1.99. The van der Waals surface area contributed by atoms with E-state index >= 15 is 0 Å². The third-order valence-electron chi connectivity index (χ3n) is 3.43. The Hall–Kier alpha value is -2.70. The summed E-state index contributed by atoms with van der Waals surface area (Å²) in [5.41, 5.74) is 1.57. The minimum Gasteiger partial charge on any atom is -0.352 e. The van der Waals surface area contributed by atoms with Crippen molar-refractivity contribution < 1.29 is 9.59 Å². The molecular formula is C19H21ClN4O2. The largest absolute Gasteiger partial charge is 0.352 e. The molecule has 0 atom stereocenters. The van der Waals surface area contributed by atoms with Crippen molar-refractivity contribution in [3.05, 3.63) is 72.0 Å². The number of carbonyl (C=O) groups is 2. The quantitative estimate of drug-likeness (QED) is 0.663. The van der Waals surface area contributed by atoms with E-state index in [4.69, 9.17) is 11.6 Å². The van der Waals surface area contributed by atoms with Gasteiger partial charge in [-0.3, -0.25) is 19.5 Å². The smallest absolute Gasteiger partial charge is 0.238 e. The molecule has 2 aromatic rings. The first-order valence-electron chi connectivity index (χ1n) is 8.11. The Morgan fingerprint density at radius 2 is 1.88 bits per heavy atom. The van der Waals surface area contributed by atoms with Crippen LogP contribution in [0.15, 0.2) is 61.4 Å². The van der Waals surface area contributed by atoms with Gasteiger partial charge in [0.1, 0.15) is 0 Å². The topological polar surface area (TPSA) is 74.3 Å². The number of hydrogen-bond donors (Lipinski definition) is 2. The molecule has 0 aliphatic carbocycles. The molecular weight excluding hydrogens is 352 g/mol. The summed E-state index contributed by atoms with van der Waals surface area (Å²) in [7, 11) is 0. The molecule has 0 unspecified atom stereocenters. The Morgan fingerprint density at radius 3 is 2.54 bits per heavy atom. The van der Waals surface area contributed by atoms with Gasteiger partial charge in [0, 0.05) is 36.2 Å². The molecule has 0 aliphatic heterocycles. The van der Waals surface area contributed by atoms with Crippen LogP contribution >= 0.6 is 11.6 Å². The second kappa shape index (κ2) is 10.3. The number of aromatic nitrogens is 1. The zero-order chi connectivity index (χ0) is 18.8. The van der Waals surface area contributed by atoms with Crippen molar-refractivity contribution in [2.24, 2.45) is 0 Å². The number of amides is 2. The summed E-state index contributed by atoms with van der Waals surface area (Å²) in [5, 5.41) is 6.11. The number of nitrogens with zero attached hydrogens (tertiary/aromatic N) is 2. The van der Waals surface area contributed by atoms with E-state index in [2.05, 4.69) is 22.2 Å². The van der Waals surface area contributed by atoms with E-state index in [1.54, 1.807) is 47.6 Å². The second-order valence-corrected chi connectivity index (χ2v) is 6.09. The molecule has 0 spiro atoms. The van der Waals surface area contributed by atoms with Gasteiger partial charge in [-0.25, -0.2) is 0 Å². The van der Waals surface area contributed by atoms with Crippen molar-refractivity contribution in [2.45, 2.75) is 6.54 Å². The van der Waals surface area contributed by atoms with Crippen LogP contribution in [-0.2, 0) is 16.1 Å². The summed E-state index contributed by atoms with van der Waals surface area (Å²) in [6.45, 7) is 4.55. The third-order valence-corrected chi connectivity index (χ3v) is 3.69. The van der Waals surface area contributed by atoms with Crippen LogP contribution in [0, 0.1) is 0 Å². The van der Waals surface area contributed by atoms with E-state index in [1.165, 1.54) is 0 Å². The minimum atomic E-state index is -0.215. The number of hydrogen-bond acceptors (Lipinski definition) is 4. The molecule has 0 saturated heterocycles. The number of nitrogens with one attached hydrogen (secondary N) is 2. The Bertz CT molecular complexity index is 735. The summed E-state index contributed by atoms with van der Waals surface area (Å²) < 4.78 is 0. The van der Waals surface area contributed by atoms with Crippen molar-refractivity contribution in [1.82, 2.24) is 15.2 Å². The van der Waals surface area contributed by atoms with Gasteiger partial charge in [-0.15, -0.1) is 6.58 Å². The van der Waals surface area contributed by atoms with E-state index in [9.17, 15) is 9.59 Å². The van der Waals surface area contributed by atoms with Crippen LogP contribution in [0.4, 0.5) is 5.69 Å². The zero-order valence-corrected chi connectivity index (χ0v) is 15.1. The van der Waals surface area contributed by atoms with Gasteiger partial charge in [-0.05, 0) is 35.9 Å². The molecule has 0 bridgehead atoms. The van der Waals surface area contributed by atoms with Gasteiger partial charge >= 0.3 is 0 Å². The number of rotatable bonds is 9. The molecule has 0 radical (unpaired) electrons. The molecule has 0 saturated carbocycles. The van der Waals surface area contributed by atoms with E-state index in [0.29, 0.717) is 23.8 Å². The third kappa shape index (κ3) is 7.04. The van der Waals surface area contributed by atoms with Crippen LogP contribution < -0.4 is 10.6 Å². The molecule has 136 valence electrons. The number of benzene rings is 1. The van der Waals surface area contributed by atoms with Crippen molar-refractivity contribution >= 4 is 29.1 Å². The average molecular weight is 373 g/mol. The maximum absolute atomic E-state index is 12.3. The highest BCUT2D eigenvalue weighted by Crippen LogP contribution is 2.13. The van der Waals surface area contributed by atoms with Crippen molar-refractivity contribution in [3.63, 3.8) is 0 Å². The van der Waals surface area contributed by atoms with Gasteiger partial charge in [0.05, 0.1) is 13.1 Å². The van der Waals surface area contributed by atoms with Crippen LogP contribution in [-0.4, -0.2) is 41.3 Å². The minimum absolute atomic E-state index is 0.0685. The summed E-state index contributed by atoms with van der Waals surface area (Å²) in [6.07, 6.45) is 5.00. The Labute approximate surface area is 157 Å². The fourth-order valence-electron chi connectivity index (χ4n) is 2.30. The molecule has 2 N–H and O–H groups in total. The highest BCUT2D eigenvalue weighted by atomic mass is 35.5. The highest BCUT2D eigenvalue weighted by Gasteiger charge is 2.15. The number of halogens is 1. The highest BCUT2D eigenvalue weighted by molar-refractivity contribution is 6.30. The lowest BCUT2D eigenvalue weighted by Crippen LogP contribution is -2.40.